The van der Waals surface area contributed by atoms with Gasteiger partial charge in [0.25, 0.3) is 0 Å². The molecule has 1 amide bonds. The normalized spacial score (nSPS) is 12.5. The number of benzene rings is 1. The van der Waals surface area contributed by atoms with Crippen LogP contribution in [0.25, 0.3) is 0 Å². The Balaban J connectivity index is 2.49. The van der Waals surface area contributed by atoms with Gasteiger partial charge in [-0.3, -0.25) is 4.79 Å². The minimum atomic E-state index is -4.55. The van der Waals surface area contributed by atoms with Crippen LogP contribution in [0.4, 0.5) is 17.6 Å². The number of aliphatic carboxylic acids is 1. The van der Waals surface area contributed by atoms with Crippen LogP contribution >= 0.6 is 11.8 Å². The van der Waals surface area contributed by atoms with E-state index < -0.39 is 53.4 Å². The highest BCUT2D eigenvalue weighted by atomic mass is 32.2. The molecule has 0 aliphatic carbocycles. The molecule has 10 heteroatoms. The van der Waals surface area contributed by atoms with Crippen LogP contribution in [-0.4, -0.2) is 40.9 Å². The number of carboxylic acid groups (broad SMARTS) is 1. The third-order valence-corrected chi connectivity index (χ3v) is 2.95. The number of halogens is 4. The van der Waals surface area contributed by atoms with Crippen molar-refractivity contribution >= 4 is 23.6 Å². The Morgan fingerprint density at radius 3 is 2.36 bits per heavy atom. The molecule has 0 bridgehead atoms. The number of carboxylic acids is 1. The van der Waals surface area contributed by atoms with Gasteiger partial charge in [0.2, 0.25) is 12.0 Å². The van der Waals surface area contributed by atoms with E-state index >= 15 is 0 Å². The zero-order valence-corrected chi connectivity index (χ0v) is 11.7. The number of carbonyl (C=O) groups excluding carboxylic acids is 1. The second-order valence-corrected chi connectivity index (χ2v) is 4.98. The maximum absolute atomic E-state index is 12.7. The molecule has 0 saturated carbocycles. The van der Waals surface area contributed by atoms with E-state index in [0.717, 1.165) is 12.1 Å². The van der Waals surface area contributed by atoms with Crippen molar-refractivity contribution in [2.75, 3.05) is 12.3 Å². The molecule has 1 rings (SSSR count). The van der Waals surface area contributed by atoms with Crippen molar-refractivity contribution in [3.8, 4) is 5.75 Å². The molecule has 2 N–H and O–H groups in total. The molecule has 1 aromatic carbocycles. The average Bonchev–Trinajstić information content (AvgIpc) is 2.42. The Morgan fingerprint density at radius 1 is 1.27 bits per heavy atom. The van der Waals surface area contributed by atoms with Crippen molar-refractivity contribution in [3.63, 3.8) is 0 Å². The lowest BCUT2D eigenvalue weighted by molar-refractivity contribution is -0.145. The van der Waals surface area contributed by atoms with Crippen LogP contribution in [0.1, 0.15) is 0 Å². The minimum absolute atomic E-state index is 0.0488. The summed E-state index contributed by atoms with van der Waals surface area (Å²) in [5.41, 5.74) is -4.55. The van der Waals surface area contributed by atoms with Crippen LogP contribution in [0.5, 0.6) is 5.75 Å². The molecule has 0 fully saturated rings. The predicted octanol–water partition coefficient (Wildman–Crippen LogP) is 2.03. The quantitative estimate of drug-likeness (QED) is 0.742. The first kappa shape index (κ1) is 18.1. The van der Waals surface area contributed by atoms with Gasteiger partial charge >= 0.3 is 11.5 Å². The predicted molar refractivity (Wildman–Crippen MR) is 70.0 cm³/mol. The van der Waals surface area contributed by atoms with Gasteiger partial charge in [-0.2, -0.15) is 13.2 Å². The Kier molecular flexibility index (Phi) is 6.47. The van der Waals surface area contributed by atoms with E-state index in [1.54, 1.807) is 0 Å². The molecule has 0 saturated heterocycles. The lowest BCUT2D eigenvalue weighted by Gasteiger charge is -2.16. The van der Waals surface area contributed by atoms with Crippen LogP contribution in [0, 0.1) is 5.82 Å². The van der Waals surface area contributed by atoms with Crippen LogP contribution in [0.15, 0.2) is 24.3 Å². The molecule has 0 aromatic heterocycles. The Bertz CT molecular complexity index is 521. The van der Waals surface area contributed by atoms with Crippen molar-refractivity contribution in [1.29, 1.82) is 0 Å². The summed E-state index contributed by atoms with van der Waals surface area (Å²) in [7, 11) is 0. The molecular weight excluding hydrogens is 330 g/mol. The summed E-state index contributed by atoms with van der Waals surface area (Å²) in [5, 5.41) is 11.0. The summed E-state index contributed by atoms with van der Waals surface area (Å²) < 4.78 is 53.4. The third kappa shape index (κ3) is 7.16. The van der Waals surface area contributed by atoms with Gasteiger partial charge in [-0.1, -0.05) is 0 Å². The van der Waals surface area contributed by atoms with Crippen LogP contribution in [0.2, 0.25) is 0 Å². The van der Waals surface area contributed by atoms with E-state index in [2.05, 4.69) is 0 Å². The lowest BCUT2D eigenvalue weighted by Crippen LogP contribution is -2.41. The van der Waals surface area contributed by atoms with Crippen LogP contribution in [0.3, 0.4) is 0 Å². The lowest BCUT2D eigenvalue weighted by atomic mass is 10.3. The summed E-state index contributed by atoms with van der Waals surface area (Å²) in [6.45, 7) is -0.524. The van der Waals surface area contributed by atoms with Crippen LogP contribution < -0.4 is 10.1 Å². The second-order valence-electron chi connectivity index (χ2n) is 3.94. The SMILES string of the molecule is O=C(CSC(F)(F)F)NCC(Oc1ccc(F)cc1)C(=O)O. The average molecular weight is 341 g/mol. The number of carbonyl (C=O) groups is 2. The smallest absolute Gasteiger partial charge is 0.442 e. The van der Waals surface area contributed by atoms with E-state index in [-0.39, 0.29) is 5.75 Å². The maximum atomic E-state index is 12.7. The number of ether oxygens (including phenoxy) is 1. The number of hydrogen-bond donors (Lipinski definition) is 2. The standard InChI is InChI=1S/C12H11F4NO4S/c13-7-1-3-8(4-2-7)21-9(11(19)20)5-17-10(18)6-22-12(14,15)16/h1-4,9H,5-6H2,(H,17,18)(H,19,20). The highest BCUT2D eigenvalue weighted by molar-refractivity contribution is 8.00. The number of rotatable bonds is 7. The van der Waals surface area contributed by atoms with E-state index in [0.29, 0.717) is 0 Å². The number of amides is 1. The molecule has 22 heavy (non-hydrogen) atoms. The largest absolute Gasteiger partial charge is 0.478 e. The third-order valence-electron chi connectivity index (χ3n) is 2.22. The molecule has 0 aliphatic heterocycles. The van der Waals surface area contributed by atoms with Crippen molar-refractivity contribution in [2.24, 2.45) is 0 Å². The monoisotopic (exact) mass is 341 g/mol. The minimum Gasteiger partial charge on any atom is -0.478 e. The van der Waals surface area contributed by atoms with Gasteiger partial charge in [0.15, 0.2) is 0 Å². The second kappa shape index (κ2) is 7.87. The number of thioether (sulfide) groups is 1. The van der Waals surface area contributed by atoms with E-state index in [9.17, 15) is 27.2 Å². The summed E-state index contributed by atoms with van der Waals surface area (Å²) >= 11 is -0.535. The topological polar surface area (TPSA) is 75.6 Å². The molecule has 1 atom stereocenters. The zero-order chi connectivity index (χ0) is 16.8. The van der Waals surface area contributed by atoms with Gasteiger partial charge < -0.3 is 15.2 Å². The summed E-state index contributed by atoms with van der Waals surface area (Å²) in [6.07, 6.45) is -1.51. The van der Waals surface area contributed by atoms with Gasteiger partial charge in [-0.05, 0) is 36.0 Å². The Hall–Kier alpha value is -1.97. The summed E-state index contributed by atoms with van der Waals surface area (Å²) in [5.74, 6) is -3.78. The van der Waals surface area contributed by atoms with E-state index in [1.165, 1.54) is 12.1 Å². The van der Waals surface area contributed by atoms with E-state index in [1.807, 2.05) is 5.32 Å². The van der Waals surface area contributed by atoms with Gasteiger partial charge in [0.05, 0.1) is 12.3 Å². The van der Waals surface area contributed by atoms with Gasteiger partial charge in [0.1, 0.15) is 11.6 Å². The maximum Gasteiger partial charge on any atom is 0.442 e. The highest BCUT2D eigenvalue weighted by Gasteiger charge is 2.29. The molecule has 1 aromatic rings. The first-order chi connectivity index (χ1) is 10.2. The summed E-state index contributed by atoms with van der Waals surface area (Å²) in [6, 6.07) is 4.47. The van der Waals surface area contributed by atoms with Crippen molar-refractivity contribution in [1.82, 2.24) is 5.32 Å². The fourth-order valence-corrected chi connectivity index (χ4v) is 1.66. The van der Waals surface area contributed by atoms with Gasteiger partial charge in [0, 0.05) is 0 Å². The van der Waals surface area contributed by atoms with E-state index in [4.69, 9.17) is 9.84 Å². The molecule has 5 nitrogen and oxygen atoms in total. The first-order valence-corrected chi connectivity index (χ1v) is 6.78. The van der Waals surface area contributed by atoms with Crippen molar-refractivity contribution in [2.45, 2.75) is 11.6 Å². The Labute approximate surface area is 126 Å². The highest BCUT2D eigenvalue weighted by Crippen LogP contribution is 2.29. The molecule has 0 radical (unpaired) electrons. The molecule has 0 aliphatic rings. The van der Waals surface area contributed by atoms with Crippen LogP contribution in [-0.2, 0) is 9.59 Å². The molecule has 0 heterocycles. The number of alkyl halides is 3. The molecule has 1 unspecified atom stereocenters. The van der Waals surface area contributed by atoms with Gasteiger partial charge in [-0.25, -0.2) is 9.18 Å². The summed E-state index contributed by atoms with van der Waals surface area (Å²) in [4.78, 5) is 22.1. The fraction of sp³-hybridized carbons (Fsp3) is 0.333. The number of hydrogen-bond acceptors (Lipinski definition) is 4. The molecule has 122 valence electrons. The first-order valence-electron chi connectivity index (χ1n) is 5.80. The zero-order valence-electron chi connectivity index (χ0n) is 10.9. The molecular formula is C12H11F4NO4S. The molecule has 0 spiro atoms. The fourth-order valence-electron chi connectivity index (χ4n) is 1.26. The van der Waals surface area contributed by atoms with Crippen molar-refractivity contribution < 1.29 is 37.0 Å². The number of nitrogens with one attached hydrogen (secondary N) is 1. The Morgan fingerprint density at radius 2 is 1.86 bits per heavy atom. The van der Waals surface area contributed by atoms with Crippen molar-refractivity contribution in [3.05, 3.63) is 30.1 Å². The van der Waals surface area contributed by atoms with Gasteiger partial charge in [-0.15, -0.1) is 0 Å².